The Balaban J connectivity index is 1.25. The van der Waals surface area contributed by atoms with Gasteiger partial charge >= 0.3 is 11.9 Å². The van der Waals surface area contributed by atoms with Crippen molar-refractivity contribution in [1.82, 2.24) is 29.7 Å². The van der Waals surface area contributed by atoms with Gasteiger partial charge in [-0.2, -0.15) is 5.26 Å². The van der Waals surface area contributed by atoms with Gasteiger partial charge in [0.15, 0.2) is 0 Å². The Hall–Kier alpha value is -8.06. The predicted octanol–water partition coefficient (Wildman–Crippen LogP) is 8.05. The molecule has 2 aromatic carbocycles. The maximum atomic E-state index is 15.2. The van der Waals surface area contributed by atoms with E-state index in [1.54, 1.807) is 94.6 Å². The zero-order valence-electron chi connectivity index (χ0n) is 39.9. The molecule has 0 saturated carbocycles. The molecule has 0 bridgehead atoms. The van der Waals surface area contributed by atoms with Crippen molar-refractivity contribution in [2.75, 3.05) is 6.61 Å². The number of aromatic nitrogens is 4. The molecular weight excluding hydrogens is 894 g/mol. The van der Waals surface area contributed by atoms with Gasteiger partial charge in [-0.05, 0) is 110 Å². The Kier molecular flexibility index (Phi) is 17.1. The van der Waals surface area contributed by atoms with E-state index in [2.05, 4.69) is 26.7 Å². The molecule has 4 aromatic heterocycles. The molecule has 0 aliphatic rings. The Labute approximate surface area is 405 Å². The van der Waals surface area contributed by atoms with Crippen molar-refractivity contribution in [2.24, 2.45) is 11.8 Å². The second kappa shape index (κ2) is 23.3. The number of halogens is 1. The lowest BCUT2D eigenvalue weighted by atomic mass is 9.96. The lowest BCUT2D eigenvalue weighted by molar-refractivity contribution is -0.146. The lowest BCUT2D eigenvalue weighted by Crippen LogP contribution is -2.40. The highest BCUT2D eigenvalue weighted by atomic mass is 19.1. The first-order valence-electron chi connectivity index (χ1n) is 22.9. The van der Waals surface area contributed by atoms with Crippen LogP contribution in [0.2, 0.25) is 0 Å². The quantitative estimate of drug-likeness (QED) is 0.0623. The number of esters is 1. The summed E-state index contributed by atoms with van der Waals surface area (Å²) in [4.78, 5) is 90.1. The van der Waals surface area contributed by atoms with Crippen LogP contribution >= 0.6 is 0 Å². The summed E-state index contributed by atoms with van der Waals surface area (Å²) < 4.78 is 23.7. The van der Waals surface area contributed by atoms with Crippen molar-refractivity contribution in [2.45, 2.75) is 91.4 Å². The van der Waals surface area contributed by atoms with Gasteiger partial charge in [-0.15, -0.1) is 0 Å². The smallest absolute Gasteiger partial charge is 0.308 e. The third-order valence-corrected chi connectivity index (χ3v) is 11.9. The number of nitrogens with zero attached hydrogens (tertiary/aromatic N) is 5. The highest BCUT2D eigenvalue weighted by molar-refractivity contribution is 5.83. The van der Waals surface area contributed by atoms with Gasteiger partial charge in [0.25, 0.3) is 11.1 Å². The number of carboxylic acid groups (broad SMARTS) is 1. The highest BCUT2D eigenvalue weighted by Crippen LogP contribution is 2.31. The molecule has 0 aliphatic carbocycles. The molecule has 3 unspecified atom stereocenters. The average Bonchev–Trinajstić information content (AvgIpc) is 3.31. The van der Waals surface area contributed by atoms with Crippen LogP contribution in [0.25, 0.3) is 22.3 Å². The first kappa shape index (κ1) is 51.3. The molecule has 3 N–H and O–H groups in total. The minimum atomic E-state index is -1.21. The van der Waals surface area contributed by atoms with Crippen LogP contribution in [0.5, 0.6) is 0 Å². The van der Waals surface area contributed by atoms with Crippen LogP contribution in [-0.4, -0.2) is 54.6 Å². The van der Waals surface area contributed by atoms with E-state index in [-0.39, 0.29) is 24.5 Å². The molecule has 15 nitrogen and oxygen atoms in total. The minimum absolute atomic E-state index is 0.00543. The summed E-state index contributed by atoms with van der Waals surface area (Å²) in [5.74, 6) is -4.22. The van der Waals surface area contributed by atoms with Crippen molar-refractivity contribution in [3.8, 4) is 28.3 Å². The minimum Gasteiger partial charge on any atom is -0.481 e. The number of carbonyl (C=O) groups excluding carboxylic acids is 3. The van der Waals surface area contributed by atoms with Crippen LogP contribution in [0.1, 0.15) is 104 Å². The summed E-state index contributed by atoms with van der Waals surface area (Å²) in [7, 11) is 0. The molecule has 0 spiro atoms. The van der Waals surface area contributed by atoms with E-state index in [0.717, 1.165) is 5.56 Å². The van der Waals surface area contributed by atoms with Gasteiger partial charge in [-0.3, -0.25) is 38.7 Å². The number of carboxylic acids is 1. The average molecular weight is 950 g/mol. The molecule has 70 heavy (non-hydrogen) atoms. The number of aryl methyl sites for hydroxylation is 3. The topological polar surface area (TPSA) is 215 Å². The maximum Gasteiger partial charge on any atom is 0.308 e. The van der Waals surface area contributed by atoms with Crippen molar-refractivity contribution >= 4 is 23.8 Å². The van der Waals surface area contributed by atoms with E-state index in [4.69, 9.17) is 4.74 Å². The summed E-state index contributed by atoms with van der Waals surface area (Å²) in [5.41, 5.74) is 4.08. The number of hydrogen-bond acceptors (Lipinski definition) is 10. The molecule has 5 atom stereocenters. The molecule has 362 valence electrons. The fourth-order valence-electron chi connectivity index (χ4n) is 8.37. The van der Waals surface area contributed by atoms with Crippen LogP contribution in [0.15, 0.2) is 126 Å². The number of ether oxygens (including phenoxy) is 1. The van der Waals surface area contributed by atoms with Crippen molar-refractivity contribution in [3.05, 3.63) is 176 Å². The van der Waals surface area contributed by atoms with Crippen LogP contribution in [-0.2, 0) is 23.9 Å². The summed E-state index contributed by atoms with van der Waals surface area (Å²) in [6, 6.07) is 18.9. The molecule has 0 saturated heterocycles. The van der Waals surface area contributed by atoms with Gasteiger partial charge in [0.2, 0.25) is 11.8 Å². The number of nitriles is 1. The lowest BCUT2D eigenvalue weighted by Gasteiger charge is -2.26. The number of aliphatic carboxylic acids is 1. The van der Waals surface area contributed by atoms with Crippen molar-refractivity contribution in [1.29, 1.82) is 5.26 Å². The third kappa shape index (κ3) is 13.1. The largest absolute Gasteiger partial charge is 0.481 e. The molecule has 16 heteroatoms. The van der Waals surface area contributed by atoms with E-state index in [1.807, 2.05) is 13.8 Å². The standard InChI is InChI=1S/C54H56FN7O8/c1-32(2)18-46(61-16-14-33(3)20-48(61)63)53(68)60-45(40-23-41(30-58-29-40)52-36(6)10-9-13-43(52)55)25-51(67)70-31-35(5)19-47(62-17-15-34(4)21-49(62)64)54(69)59-44(24-50(65)66)39-22-38(27-57-28-39)42-12-8-7-11-37(42)26-56/h7-17,20-23,27-30,32,35,44-47H,18-19,24-25,31H2,1-6H3,(H,59,69)(H,60,68)(H,65,66)/t35?,44-,45-,46?,47?/m0/s1. The number of benzene rings is 2. The molecule has 0 fully saturated rings. The number of rotatable bonds is 20. The Morgan fingerprint density at radius 1 is 0.729 bits per heavy atom. The Morgan fingerprint density at radius 3 is 1.84 bits per heavy atom. The molecule has 0 aliphatic heterocycles. The van der Waals surface area contributed by atoms with Gasteiger partial charge in [-0.25, -0.2) is 4.39 Å². The van der Waals surface area contributed by atoms with E-state index in [0.29, 0.717) is 56.5 Å². The number of hydrogen-bond donors (Lipinski definition) is 3. The zero-order valence-corrected chi connectivity index (χ0v) is 39.9. The van der Waals surface area contributed by atoms with E-state index < -0.39 is 78.1 Å². The fraction of sp³-hybridized carbons (Fsp3) is 0.315. The number of carbonyl (C=O) groups is 4. The molecule has 4 heterocycles. The Morgan fingerprint density at radius 2 is 1.29 bits per heavy atom. The van der Waals surface area contributed by atoms with Gasteiger partial charge in [-0.1, -0.05) is 51.1 Å². The van der Waals surface area contributed by atoms with Crippen LogP contribution in [0, 0.1) is 49.8 Å². The molecule has 6 aromatic rings. The number of pyridine rings is 4. The maximum absolute atomic E-state index is 15.2. The van der Waals surface area contributed by atoms with E-state index >= 15 is 4.39 Å². The monoisotopic (exact) mass is 949 g/mol. The van der Waals surface area contributed by atoms with Crippen LogP contribution in [0.3, 0.4) is 0 Å². The third-order valence-electron chi connectivity index (χ3n) is 11.9. The molecule has 0 radical (unpaired) electrons. The summed E-state index contributed by atoms with van der Waals surface area (Å²) >= 11 is 0. The van der Waals surface area contributed by atoms with Crippen molar-refractivity contribution in [3.63, 3.8) is 0 Å². The summed E-state index contributed by atoms with van der Waals surface area (Å²) in [6.07, 6.45) is 8.28. The fourth-order valence-corrected chi connectivity index (χ4v) is 8.37. The van der Waals surface area contributed by atoms with Crippen LogP contribution in [0.4, 0.5) is 4.39 Å². The SMILES string of the molecule is Cc1ccn(C(CC(C)COC(=O)C[C@H](NC(=O)C(CC(C)C)n2ccc(C)cc2=O)c2cncc(-c3c(C)cccc3F)c2)C(=O)N[C@@H](CC(=O)O)c2cncc(-c3ccccc3C#N)c2)c(=O)c1. The van der Waals surface area contributed by atoms with Crippen molar-refractivity contribution < 1.29 is 33.4 Å². The normalized spacial score (nSPS) is 13.3. The second-order valence-electron chi connectivity index (χ2n) is 18.1. The number of amides is 2. The van der Waals surface area contributed by atoms with Gasteiger partial charge < -0.3 is 29.6 Å². The highest BCUT2D eigenvalue weighted by Gasteiger charge is 2.31. The predicted molar refractivity (Wildman–Crippen MR) is 261 cm³/mol. The number of nitrogens with one attached hydrogen (secondary N) is 2. The first-order chi connectivity index (χ1) is 33.4. The molecule has 2 amide bonds. The Bertz CT molecular complexity index is 3030. The first-order valence-corrected chi connectivity index (χ1v) is 22.9. The van der Waals surface area contributed by atoms with Gasteiger partial charge in [0, 0.05) is 71.6 Å². The summed E-state index contributed by atoms with van der Waals surface area (Å²) in [6.45, 7) is 10.6. The van der Waals surface area contributed by atoms with E-state index in [9.17, 15) is 39.1 Å². The van der Waals surface area contributed by atoms with E-state index in [1.165, 1.54) is 58.3 Å². The molecular formula is C54H56FN7O8. The second-order valence-corrected chi connectivity index (χ2v) is 18.1. The summed E-state index contributed by atoms with van der Waals surface area (Å²) in [5, 5.41) is 25.5. The molecule has 6 rings (SSSR count). The zero-order chi connectivity index (χ0) is 50.6. The van der Waals surface area contributed by atoms with Gasteiger partial charge in [0.1, 0.15) is 17.9 Å². The van der Waals surface area contributed by atoms with Gasteiger partial charge in [0.05, 0.1) is 43.2 Å². The van der Waals surface area contributed by atoms with Crippen LogP contribution < -0.4 is 21.8 Å².